The second-order valence-electron chi connectivity index (χ2n) is 3.76. The Hall–Kier alpha value is -1.70. The number of carbonyl (C=O) groups excluding carboxylic acids is 1. The molecule has 0 aromatic carbocycles. The lowest BCUT2D eigenvalue weighted by molar-refractivity contribution is -0.131. The molecule has 0 radical (unpaired) electrons. The normalized spacial score (nSPS) is 22.2. The van der Waals surface area contributed by atoms with E-state index in [2.05, 4.69) is 4.40 Å². The molecule has 0 aliphatic carbocycles. The van der Waals surface area contributed by atoms with Crippen molar-refractivity contribution in [2.45, 2.75) is 12.8 Å². The minimum atomic E-state index is -4.21. The third-order valence-electron chi connectivity index (χ3n) is 2.59. The number of aliphatic carboxylic acids is 1. The summed E-state index contributed by atoms with van der Waals surface area (Å²) < 4.78 is 25.8. The van der Waals surface area contributed by atoms with Gasteiger partial charge in [-0.25, -0.2) is 4.79 Å². The second-order valence-corrected chi connectivity index (χ2v) is 5.34. The summed E-state index contributed by atoms with van der Waals surface area (Å²) in [4.78, 5) is 23.1. The van der Waals surface area contributed by atoms with Gasteiger partial charge in [-0.1, -0.05) is 0 Å². The maximum atomic E-state index is 11.8. The molecule has 0 unspecified atom stereocenters. The molecule has 1 saturated heterocycles. The smallest absolute Gasteiger partial charge is 0.349 e. The third-order valence-corrected chi connectivity index (χ3v) is 3.87. The van der Waals surface area contributed by atoms with Crippen molar-refractivity contribution in [2.24, 2.45) is 4.40 Å². The number of hydrogen-bond donors (Lipinski definition) is 1. The van der Waals surface area contributed by atoms with E-state index < -0.39 is 26.8 Å². The molecule has 17 heavy (non-hydrogen) atoms. The molecule has 2 rings (SSSR count). The molecular weight excluding hydrogens is 248 g/mol. The van der Waals surface area contributed by atoms with Gasteiger partial charge >= 0.3 is 5.97 Å². The number of carbonyl (C=O) groups is 2. The van der Waals surface area contributed by atoms with Crippen LogP contribution < -0.4 is 0 Å². The largest absolute Gasteiger partial charge is 0.477 e. The van der Waals surface area contributed by atoms with E-state index in [1.807, 2.05) is 0 Å². The maximum Gasteiger partial charge on any atom is 0.349 e. The number of sulfonamides is 1. The number of amides is 1. The van der Waals surface area contributed by atoms with Crippen LogP contribution in [-0.4, -0.2) is 49.1 Å². The van der Waals surface area contributed by atoms with Crippen LogP contribution in [0.3, 0.4) is 0 Å². The van der Waals surface area contributed by atoms with Crippen molar-refractivity contribution in [1.29, 1.82) is 0 Å². The van der Waals surface area contributed by atoms with Crippen molar-refractivity contribution >= 4 is 27.6 Å². The average Bonchev–Trinajstić information content (AvgIpc) is 2.83. The SMILES string of the molecule is O=C(O)C1=CC(C(=O)N2CCCC2)=NS1(=O)=O. The van der Waals surface area contributed by atoms with E-state index in [1.54, 1.807) is 0 Å². The molecule has 0 aromatic heterocycles. The van der Waals surface area contributed by atoms with E-state index in [-0.39, 0.29) is 5.71 Å². The van der Waals surface area contributed by atoms with Crippen molar-refractivity contribution in [1.82, 2.24) is 4.90 Å². The monoisotopic (exact) mass is 258 g/mol. The highest BCUT2D eigenvalue weighted by atomic mass is 32.2. The molecule has 92 valence electrons. The van der Waals surface area contributed by atoms with Gasteiger partial charge < -0.3 is 10.0 Å². The van der Waals surface area contributed by atoms with Crippen LogP contribution in [0.1, 0.15) is 12.8 Å². The highest BCUT2D eigenvalue weighted by Gasteiger charge is 2.34. The van der Waals surface area contributed by atoms with Gasteiger partial charge in [0.15, 0.2) is 4.91 Å². The van der Waals surface area contributed by atoms with Gasteiger partial charge in [-0.2, -0.15) is 12.8 Å². The molecule has 2 aliphatic rings. The molecule has 7 nitrogen and oxygen atoms in total. The van der Waals surface area contributed by atoms with Crippen LogP contribution in [0.15, 0.2) is 15.4 Å². The lowest BCUT2D eigenvalue weighted by atomic mass is 10.3. The summed E-state index contributed by atoms with van der Waals surface area (Å²) in [5.41, 5.74) is -0.315. The van der Waals surface area contributed by atoms with Gasteiger partial charge in [0.1, 0.15) is 5.71 Å². The molecule has 1 fully saturated rings. The quantitative estimate of drug-likeness (QED) is 0.709. The highest BCUT2D eigenvalue weighted by molar-refractivity contribution is 7.95. The number of carboxylic acids is 1. The van der Waals surface area contributed by atoms with Crippen LogP contribution in [0, 0.1) is 0 Å². The summed E-state index contributed by atoms with van der Waals surface area (Å²) in [6.45, 7) is 1.10. The number of likely N-dealkylation sites (tertiary alicyclic amines) is 1. The Bertz CT molecular complexity index is 540. The van der Waals surface area contributed by atoms with Crippen LogP contribution in [0.4, 0.5) is 0 Å². The lowest BCUT2D eigenvalue weighted by Crippen LogP contribution is -2.32. The third kappa shape index (κ3) is 2.07. The summed E-state index contributed by atoms with van der Waals surface area (Å²) in [7, 11) is -4.21. The first kappa shape index (κ1) is 11.8. The number of carboxylic acid groups (broad SMARTS) is 1. The molecule has 1 amide bonds. The summed E-state index contributed by atoms with van der Waals surface area (Å²) in [5.74, 6) is -2.12. The molecule has 0 bridgehead atoms. The van der Waals surface area contributed by atoms with Crippen molar-refractivity contribution in [3.05, 3.63) is 11.0 Å². The molecule has 0 atom stereocenters. The standard InChI is InChI=1S/C9H10N2O5S/c12-8(11-3-1-2-4-11)6-5-7(9(13)14)17(15,16)10-6/h5H,1-4H2,(H,13,14). The van der Waals surface area contributed by atoms with Gasteiger partial charge in [-0.15, -0.1) is 0 Å². The molecule has 2 aliphatic heterocycles. The Kier molecular flexibility index (Phi) is 2.74. The summed E-state index contributed by atoms with van der Waals surface area (Å²) in [6, 6.07) is 0. The van der Waals surface area contributed by atoms with Gasteiger partial charge in [0, 0.05) is 13.1 Å². The zero-order valence-electron chi connectivity index (χ0n) is 8.79. The van der Waals surface area contributed by atoms with E-state index >= 15 is 0 Å². The van der Waals surface area contributed by atoms with Gasteiger partial charge in [0.25, 0.3) is 15.9 Å². The number of hydrogen-bond acceptors (Lipinski definition) is 4. The predicted octanol–water partition coefficient (Wildman–Crippen LogP) is -0.638. The Balaban J connectivity index is 2.30. The van der Waals surface area contributed by atoms with E-state index in [9.17, 15) is 18.0 Å². The topological polar surface area (TPSA) is 104 Å². The first-order chi connectivity index (χ1) is 7.92. The van der Waals surface area contributed by atoms with Crippen molar-refractivity contribution in [3.63, 3.8) is 0 Å². The number of nitrogens with zero attached hydrogens (tertiary/aromatic N) is 2. The summed E-state index contributed by atoms with van der Waals surface area (Å²) in [5, 5.41) is 8.67. The summed E-state index contributed by atoms with van der Waals surface area (Å²) >= 11 is 0. The fourth-order valence-corrected chi connectivity index (χ4v) is 2.73. The Morgan fingerprint density at radius 1 is 1.29 bits per heavy atom. The first-order valence-electron chi connectivity index (χ1n) is 5.01. The zero-order chi connectivity index (χ0) is 12.6. The fraction of sp³-hybridized carbons (Fsp3) is 0.444. The molecule has 2 heterocycles. The van der Waals surface area contributed by atoms with E-state index in [4.69, 9.17) is 5.11 Å². The van der Waals surface area contributed by atoms with Crippen molar-refractivity contribution < 1.29 is 23.1 Å². The van der Waals surface area contributed by atoms with Crippen molar-refractivity contribution in [2.75, 3.05) is 13.1 Å². The van der Waals surface area contributed by atoms with Gasteiger partial charge in [0.2, 0.25) is 0 Å². The van der Waals surface area contributed by atoms with Crippen LogP contribution in [0.5, 0.6) is 0 Å². The lowest BCUT2D eigenvalue weighted by Gasteiger charge is -2.13. The highest BCUT2D eigenvalue weighted by Crippen LogP contribution is 2.19. The van der Waals surface area contributed by atoms with Gasteiger partial charge in [0.05, 0.1) is 0 Å². The van der Waals surface area contributed by atoms with Gasteiger partial charge in [-0.05, 0) is 18.9 Å². The molecule has 0 aromatic rings. The first-order valence-corrected chi connectivity index (χ1v) is 6.45. The maximum absolute atomic E-state index is 11.8. The molecule has 0 saturated carbocycles. The molecule has 8 heteroatoms. The average molecular weight is 258 g/mol. The summed E-state index contributed by atoms with van der Waals surface area (Å²) in [6.07, 6.45) is 2.54. The van der Waals surface area contributed by atoms with Crippen molar-refractivity contribution in [3.8, 4) is 0 Å². The molecular formula is C9H10N2O5S. The van der Waals surface area contributed by atoms with Crippen LogP contribution in [0.25, 0.3) is 0 Å². The molecule has 1 N–H and O–H groups in total. The van der Waals surface area contributed by atoms with E-state index in [0.717, 1.165) is 18.9 Å². The Morgan fingerprint density at radius 3 is 2.35 bits per heavy atom. The minimum Gasteiger partial charge on any atom is -0.477 e. The van der Waals surface area contributed by atoms with E-state index in [1.165, 1.54) is 4.90 Å². The van der Waals surface area contributed by atoms with Crippen LogP contribution in [-0.2, 0) is 19.6 Å². The molecule has 0 spiro atoms. The fourth-order valence-electron chi connectivity index (χ4n) is 1.76. The van der Waals surface area contributed by atoms with Crippen LogP contribution >= 0.6 is 0 Å². The van der Waals surface area contributed by atoms with Gasteiger partial charge in [-0.3, -0.25) is 4.79 Å². The van der Waals surface area contributed by atoms with E-state index in [0.29, 0.717) is 13.1 Å². The minimum absolute atomic E-state index is 0.315. The zero-order valence-corrected chi connectivity index (χ0v) is 9.61. The Labute approximate surface area is 97.5 Å². The van der Waals surface area contributed by atoms with Crippen LogP contribution in [0.2, 0.25) is 0 Å². The Morgan fingerprint density at radius 2 is 1.88 bits per heavy atom. The number of rotatable bonds is 2. The predicted molar refractivity (Wildman–Crippen MR) is 57.9 cm³/mol. The second kappa shape index (κ2) is 3.95.